The fourth-order valence-corrected chi connectivity index (χ4v) is 0.771. The minimum absolute atomic E-state index is 0.279. The van der Waals surface area contributed by atoms with Gasteiger partial charge >= 0.3 is 0 Å². The van der Waals surface area contributed by atoms with Crippen LogP contribution < -0.4 is 5.32 Å². The van der Waals surface area contributed by atoms with Crippen LogP contribution in [0.1, 0.15) is 19.8 Å². The molecular weight excluding hydrogens is 129 g/mol. The Labute approximate surface area is 62.3 Å². The summed E-state index contributed by atoms with van der Waals surface area (Å²) in [7, 11) is 0. The Bertz CT molecular complexity index is 83.3. The van der Waals surface area contributed by atoms with E-state index in [1.54, 1.807) is 0 Å². The van der Waals surface area contributed by atoms with Crippen LogP contribution in [0.15, 0.2) is 12.7 Å². The van der Waals surface area contributed by atoms with Crippen LogP contribution in [0.2, 0.25) is 0 Å². The van der Waals surface area contributed by atoms with Crippen molar-refractivity contribution in [3.8, 4) is 0 Å². The number of halogens is 1. The van der Waals surface area contributed by atoms with Gasteiger partial charge in [-0.05, 0) is 19.8 Å². The third-order valence-electron chi connectivity index (χ3n) is 1.39. The van der Waals surface area contributed by atoms with Crippen LogP contribution >= 0.6 is 0 Å². The van der Waals surface area contributed by atoms with E-state index in [-0.39, 0.29) is 6.67 Å². The lowest BCUT2D eigenvalue weighted by atomic mass is 10.2. The molecule has 1 atom stereocenters. The van der Waals surface area contributed by atoms with E-state index < -0.39 is 0 Å². The summed E-state index contributed by atoms with van der Waals surface area (Å²) in [6.45, 7) is 5.86. The molecule has 0 fully saturated rings. The van der Waals surface area contributed by atoms with Gasteiger partial charge in [-0.3, -0.25) is 0 Å². The summed E-state index contributed by atoms with van der Waals surface area (Å²) in [5, 5.41) is 3.04. The molecule has 0 bridgehead atoms. The Morgan fingerprint density at radius 3 is 2.90 bits per heavy atom. The molecule has 2 heteroatoms. The molecule has 0 aliphatic carbocycles. The van der Waals surface area contributed by atoms with Gasteiger partial charge in [0.25, 0.3) is 0 Å². The molecule has 1 unspecified atom stereocenters. The summed E-state index contributed by atoms with van der Waals surface area (Å²) < 4.78 is 11.6. The lowest BCUT2D eigenvalue weighted by Crippen LogP contribution is -2.27. The molecular formula is C8H16FN. The average molecular weight is 145 g/mol. The van der Waals surface area contributed by atoms with Crippen molar-refractivity contribution in [1.82, 2.24) is 5.32 Å². The number of rotatable bonds is 6. The second-order valence-corrected chi connectivity index (χ2v) is 2.41. The van der Waals surface area contributed by atoms with E-state index in [4.69, 9.17) is 0 Å². The van der Waals surface area contributed by atoms with Crippen molar-refractivity contribution in [2.24, 2.45) is 0 Å². The van der Waals surface area contributed by atoms with Gasteiger partial charge in [0.15, 0.2) is 0 Å². The zero-order chi connectivity index (χ0) is 7.82. The predicted octanol–water partition coefficient (Wildman–Crippen LogP) is 1.90. The van der Waals surface area contributed by atoms with Crippen molar-refractivity contribution in [2.75, 3.05) is 13.2 Å². The fourth-order valence-electron chi connectivity index (χ4n) is 0.771. The summed E-state index contributed by atoms with van der Waals surface area (Å²) in [4.78, 5) is 0. The largest absolute Gasteiger partial charge is 0.312 e. The molecule has 0 saturated carbocycles. The second-order valence-electron chi connectivity index (χ2n) is 2.41. The Morgan fingerprint density at radius 2 is 2.40 bits per heavy atom. The van der Waals surface area contributed by atoms with Gasteiger partial charge in [-0.15, -0.1) is 6.58 Å². The quantitative estimate of drug-likeness (QED) is 0.563. The zero-order valence-electron chi connectivity index (χ0n) is 6.57. The van der Waals surface area contributed by atoms with E-state index in [1.165, 1.54) is 0 Å². The van der Waals surface area contributed by atoms with Gasteiger partial charge in [-0.1, -0.05) is 6.08 Å². The van der Waals surface area contributed by atoms with Crippen molar-refractivity contribution in [3.63, 3.8) is 0 Å². The maximum atomic E-state index is 11.6. The van der Waals surface area contributed by atoms with E-state index in [0.29, 0.717) is 12.6 Å². The SMILES string of the molecule is C=CCCC(C)NCCF. The van der Waals surface area contributed by atoms with Gasteiger partial charge < -0.3 is 5.32 Å². The molecule has 0 aromatic carbocycles. The van der Waals surface area contributed by atoms with E-state index in [1.807, 2.05) is 6.08 Å². The Balaban J connectivity index is 3.07. The number of hydrogen-bond acceptors (Lipinski definition) is 1. The maximum absolute atomic E-state index is 11.6. The second kappa shape index (κ2) is 6.75. The van der Waals surface area contributed by atoms with Crippen LogP contribution in [0, 0.1) is 0 Å². The van der Waals surface area contributed by atoms with E-state index >= 15 is 0 Å². The van der Waals surface area contributed by atoms with Crippen LogP contribution in [0.3, 0.4) is 0 Å². The first-order valence-electron chi connectivity index (χ1n) is 3.71. The summed E-state index contributed by atoms with van der Waals surface area (Å²) in [6.07, 6.45) is 3.93. The van der Waals surface area contributed by atoms with Gasteiger partial charge in [0, 0.05) is 12.6 Å². The Hall–Kier alpha value is -0.370. The number of allylic oxidation sites excluding steroid dienone is 1. The lowest BCUT2D eigenvalue weighted by Gasteiger charge is -2.09. The smallest absolute Gasteiger partial charge is 0.102 e. The molecule has 0 aromatic heterocycles. The first-order valence-corrected chi connectivity index (χ1v) is 3.71. The summed E-state index contributed by atoms with van der Waals surface area (Å²) in [5.41, 5.74) is 0. The zero-order valence-corrected chi connectivity index (χ0v) is 6.57. The first kappa shape index (κ1) is 9.63. The van der Waals surface area contributed by atoms with Crippen molar-refractivity contribution < 1.29 is 4.39 Å². The topological polar surface area (TPSA) is 12.0 Å². The third-order valence-corrected chi connectivity index (χ3v) is 1.39. The standard InChI is InChI=1S/C8H16FN/c1-3-4-5-8(2)10-7-6-9/h3,8,10H,1,4-7H2,2H3. The molecule has 10 heavy (non-hydrogen) atoms. The number of hydrogen-bond donors (Lipinski definition) is 1. The molecule has 0 aliphatic rings. The lowest BCUT2D eigenvalue weighted by molar-refractivity contribution is 0.431. The molecule has 0 heterocycles. The van der Waals surface area contributed by atoms with Gasteiger partial charge in [0.1, 0.15) is 6.67 Å². The van der Waals surface area contributed by atoms with E-state index in [0.717, 1.165) is 12.8 Å². The van der Waals surface area contributed by atoms with Crippen LogP contribution in [0.5, 0.6) is 0 Å². The van der Waals surface area contributed by atoms with E-state index in [9.17, 15) is 4.39 Å². The minimum Gasteiger partial charge on any atom is -0.312 e. The normalized spacial score (nSPS) is 13.0. The molecule has 60 valence electrons. The molecule has 1 nitrogen and oxygen atoms in total. The predicted molar refractivity (Wildman–Crippen MR) is 42.9 cm³/mol. The van der Waals surface area contributed by atoms with Crippen molar-refractivity contribution in [3.05, 3.63) is 12.7 Å². The summed E-state index contributed by atoms with van der Waals surface area (Å²) in [5.74, 6) is 0. The molecule has 0 aromatic rings. The maximum Gasteiger partial charge on any atom is 0.102 e. The number of nitrogens with one attached hydrogen (secondary N) is 1. The Morgan fingerprint density at radius 1 is 1.70 bits per heavy atom. The summed E-state index contributed by atoms with van der Waals surface area (Å²) in [6, 6.07) is 0.411. The minimum atomic E-state index is -0.279. The average Bonchev–Trinajstić information content (AvgIpc) is 1.97. The van der Waals surface area contributed by atoms with Crippen molar-refractivity contribution >= 4 is 0 Å². The van der Waals surface area contributed by atoms with Crippen LogP contribution in [0.25, 0.3) is 0 Å². The molecule has 0 radical (unpaired) electrons. The highest BCUT2D eigenvalue weighted by Crippen LogP contribution is 1.95. The number of alkyl halides is 1. The molecule has 0 saturated heterocycles. The molecule has 0 aliphatic heterocycles. The van der Waals surface area contributed by atoms with Gasteiger partial charge in [0.2, 0.25) is 0 Å². The van der Waals surface area contributed by atoms with E-state index in [2.05, 4.69) is 18.8 Å². The Kier molecular flexibility index (Phi) is 6.50. The van der Waals surface area contributed by atoms with Crippen LogP contribution in [0.4, 0.5) is 4.39 Å². The monoisotopic (exact) mass is 145 g/mol. The third kappa shape index (κ3) is 5.76. The van der Waals surface area contributed by atoms with Gasteiger partial charge in [0.05, 0.1) is 0 Å². The highest BCUT2D eigenvalue weighted by atomic mass is 19.1. The first-order chi connectivity index (χ1) is 4.81. The fraction of sp³-hybridized carbons (Fsp3) is 0.750. The van der Waals surface area contributed by atoms with Crippen molar-refractivity contribution in [1.29, 1.82) is 0 Å². The highest BCUT2D eigenvalue weighted by Gasteiger charge is 1.96. The van der Waals surface area contributed by atoms with Gasteiger partial charge in [-0.25, -0.2) is 4.39 Å². The van der Waals surface area contributed by atoms with Crippen LogP contribution in [-0.2, 0) is 0 Å². The highest BCUT2D eigenvalue weighted by molar-refractivity contribution is 4.70. The van der Waals surface area contributed by atoms with Crippen molar-refractivity contribution in [2.45, 2.75) is 25.8 Å². The van der Waals surface area contributed by atoms with Crippen LogP contribution in [-0.4, -0.2) is 19.3 Å². The molecule has 0 amide bonds. The molecule has 0 rings (SSSR count). The summed E-state index contributed by atoms with van der Waals surface area (Å²) >= 11 is 0. The molecule has 1 N–H and O–H groups in total. The van der Waals surface area contributed by atoms with Gasteiger partial charge in [-0.2, -0.15) is 0 Å². The molecule has 0 spiro atoms.